The van der Waals surface area contributed by atoms with E-state index in [2.05, 4.69) is 0 Å². The minimum Gasteiger partial charge on any atom is -0.496 e. The van der Waals surface area contributed by atoms with Crippen molar-refractivity contribution in [1.82, 2.24) is 0 Å². The number of sulfone groups is 1. The Kier molecular flexibility index (Phi) is 4.47. The zero-order chi connectivity index (χ0) is 13.1. The first kappa shape index (κ1) is 13.9. The normalized spacial score (nSPS) is 13.4. The Labute approximate surface area is 101 Å². The first-order valence-corrected chi connectivity index (χ1v) is 7.17. The average molecular weight is 261 g/mol. The highest BCUT2D eigenvalue weighted by molar-refractivity contribution is 7.90. The highest BCUT2D eigenvalue weighted by Crippen LogP contribution is 2.28. The van der Waals surface area contributed by atoms with E-state index < -0.39 is 21.7 Å². The van der Waals surface area contributed by atoms with Crippen molar-refractivity contribution in [3.63, 3.8) is 0 Å². The van der Waals surface area contributed by atoms with Crippen LogP contribution in [0.5, 0.6) is 5.75 Å². The van der Waals surface area contributed by atoms with Crippen LogP contribution in [0.1, 0.15) is 18.0 Å². The van der Waals surface area contributed by atoms with Gasteiger partial charge in [0.25, 0.3) is 0 Å². The molecule has 0 fully saturated rings. The van der Waals surface area contributed by atoms with Gasteiger partial charge in [-0.15, -0.1) is 0 Å². The molecule has 0 bridgehead atoms. The van der Waals surface area contributed by atoms with Gasteiger partial charge in [0, 0.05) is 17.9 Å². The summed E-state index contributed by atoms with van der Waals surface area (Å²) in [6, 6.07) is 3.69. The van der Waals surface area contributed by atoms with Crippen LogP contribution in [0.2, 0.25) is 0 Å². The number of hydrogen-bond donors (Lipinski definition) is 1. The predicted octanol–water partition coefficient (Wildman–Crippen LogP) is 1.27. The molecule has 0 heterocycles. The highest BCUT2D eigenvalue weighted by atomic mass is 32.2. The van der Waals surface area contributed by atoms with Crippen molar-refractivity contribution in [1.29, 1.82) is 0 Å². The molecule has 6 heteroatoms. The lowest BCUT2D eigenvalue weighted by atomic mass is 10.0. The first-order valence-electron chi connectivity index (χ1n) is 5.11. The van der Waals surface area contributed by atoms with Gasteiger partial charge in [-0.2, -0.15) is 0 Å². The summed E-state index contributed by atoms with van der Waals surface area (Å²) in [6.07, 6.45) is 1.29. The van der Waals surface area contributed by atoms with Crippen molar-refractivity contribution in [2.24, 2.45) is 5.73 Å². The fraction of sp³-hybridized carbons (Fsp3) is 0.455. The lowest BCUT2D eigenvalue weighted by molar-refractivity contribution is 0.398. The van der Waals surface area contributed by atoms with Gasteiger partial charge in [-0.1, -0.05) is 6.07 Å². The van der Waals surface area contributed by atoms with E-state index in [1.807, 2.05) is 0 Å². The van der Waals surface area contributed by atoms with E-state index >= 15 is 0 Å². The molecule has 0 amide bonds. The van der Waals surface area contributed by atoms with Crippen molar-refractivity contribution in [3.05, 3.63) is 29.6 Å². The topological polar surface area (TPSA) is 69.4 Å². The molecule has 0 saturated heterocycles. The average Bonchev–Trinajstić information content (AvgIpc) is 2.24. The molecule has 1 aromatic carbocycles. The molecule has 17 heavy (non-hydrogen) atoms. The van der Waals surface area contributed by atoms with Gasteiger partial charge in [-0.05, 0) is 18.6 Å². The van der Waals surface area contributed by atoms with Crippen molar-refractivity contribution >= 4 is 9.84 Å². The fourth-order valence-electron chi connectivity index (χ4n) is 1.54. The maximum Gasteiger partial charge on any atom is 0.147 e. The van der Waals surface area contributed by atoms with E-state index in [0.717, 1.165) is 6.26 Å². The number of halogens is 1. The first-order chi connectivity index (χ1) is 7.85. The van der Waals surface area contributed by atoms with Crippen LogP contribution in [-0.2, 0) is 9.84 Å². The van der Waals surface area contributed by atoms with E-state index in [1.165, 1.54) is 19.2 Å². The SMILES string of the molecule is COc1cccc(F)c1C(N)CCS(C)(=O)=O. The van der Waals surface area contributed by atoms with Crippen LogP contribution < -0.4 is 10.5 Å². The Hall–Kier alpha value is -1.14. The smallest absolute Gasteiger partial charge is 0.147 e. The third-order valence-corrected chi connectivity index (χ3v) is 3.38. The van der Waals surface area contributed by atoms with Gasteiger partial charge in [0.15, 0.2) is 0 Å². The number of nitrogens with two attached hydrogens (primary N) is 1. The van der Waals surface area contributed by atoms with Gasteiger partial charge in [0.2, 0.25) is 0 Å². The third-order valence-electron chi connectivity index (χ3n) is 2.40. The molecule has 96 valence electrons. The number of ether oxygens (including phenoxy) is 1. The zero-order valence-electron chi connectivity index (χ0n) is 9.81. The summed E-state index contributed by atoms with van der Waals surface area (Å²) >= 11 is 0. The Bertz CT molecular complexity index is 487. The van der Waals surface area contributed by atoms with Gasteiger partial charge in [0.1, 0.15) is 21.4 Å². The van der Waals surface area contributed by atoms with Crippen LogP contribution >= 0.6 is 0 Å². The molecule has 0 spiro atoms. The lowest BCUT2D eigenvalue weighted by Gasteiger charge is -2.15. The maximum atomic E-state index is 13.6. The van der Waals surface area contributed by atoms with Crippen molar-refractivity contribution in [2.75, 3.05) is 19.1 Å². The molecular formula is C11H16FNO3S. The molecule has 1 atom stereocenters. The zero-order valence-corrected chi connectivity index (χ0v) is 10.6. The van der Waals surface area contributed by atoms with Crippen molar-refractivity contribution in [2.45, 2.75) is 12.5 Å². The molecule has 0 aromatic heterocycles. The predicted molar refractivity (Wildman–Crippen MR) is 64.2 cm³/mol. The summed E-state index contributed by atoms with van der Waals surface area (Å²) in [6.45, 7) is 0. The fourth-order valence-corrected chi connectivity index (χ4v) is 2.22. The Balaban J connectivity index is 2.92. The van der Waals surface area contributed by atoms with Crippen LogP contribution in [0.3, 0.4) is 0 Å². The minimum atomic E-state index is -3.10. The number of hydrogen-bond acceptors (Lipinski definition) is 4. The van der Waals surface area contributed by atoms with E-state index in [1.54, 1.807) is 6.07 Å². The molecule has 2 N–H and O–H groups in total. The number of rotatable bonds is 5. The van der Waals surface area contributed by atoms with Gasteiger partial charge >= 0.3 is 0 Å². The van der Waals surface area contributed by atoms with Crippen molar-refractivity contribution < 1.29 is 17.5 Å². The van der Waals surface area contributed by atoms with Crippen LogP contribution in [0.4, 0.5) is 4.39 Å². The third kappa shape index (κ3) is 3.98. The monoisotopic (exact) mass is 261 g/mol. The molecule has 1 unspecified atom stereocenters. The molecule has 0 aliphatic carbocycles. The molecular weight excluding hydrogens is 245 g/mol. The number of methoxy groups -OCH3 is 1. The summed E-state index contributed by atoms with van der Waals surface area (Å²) in [5, 5.41) is 0. The van der Waals surface area contributed by atoms with E-state index in [9.17, 15) is 12.8 Å². The van der Waals surface area contributed by atoms with Crippen LogP contribution in [0, 0.1) is 5.82 Å². The number of benzene rings is 1. The molecule has 4 nitrogen and oxygen atoms in total. The molecule has 1 aromatic rings. The van der Waals surface area contributed by atoms with Gasteiger partial charge in [-0.3, -0.25) is 0 Å². The van der Waals surface area contributed by atoms with Crippen LogP contribution in [-0.4, -0.2) is 27.5 Å². The van der Waals surface area contributed by atoms with Gasteiger partial charge in [0.05, 0.1) is 12.9 Å². The summed E-state index contributed by atoms with van der Waals surface area (Å²) in [7, 11) is -1.68. The summed E-state index contributed by atoms with van der Waals surface area (Å²) in [5.41, 5.74) is 6.02. The van der Waals surface area contributed by atoms with Crippen LogP contribution in [0.15, 0.2) is 18.2 Å². The highest BCUT2D eigenvalue weighted by Gasteiger charge is 2.18. The minimum absolute atomic E-state index is 0.0777. The lowest BCUT2D eigenvalue weighted by Crippen LogP contribution is -2.17. The standard InChI is InChI=1S/C11H16FNO3S/c1-16-10-5-3-4-8(12)11(10)9(13)6-7-17(2,14)15/h3-5,9H,6-7,13H2,1-2H3. The molecule has 0 aliphatic heterocycles. The second-order valence-electron chi connectivity index (χ2n) is 3.88. The molecule has 0 saturated carbocycles. The second-order valence-corrected chi connectivity index (χ2v) is 6.14. The van der Waals surface area contributed by atoms with Crippen LogP contribution in [0.25, 0.3) is 0 Å². The quantitative estimate of drug-likeness (QED) is 0.866. The molecule has 0 radical (unpaired) electrons. The van der Waals surface area contributed by atoms with Crippen molar-refractivity contribution in [3.8, 4) is 5.75 Å². The summed E-state index contributed by atoms with van der Waals surface area (Å²) in [5.74, 6) is -0.220. The van der Waals surface area contributed by atoms with E-state index in [4.69, 9.17) is 10.5 Å². The van der Waals surface area contributed by atoms with E-state index in [-0.39, 0.29) is 17.7 Å². The summed E-state index contributed by atoms with van der Waals surface area (Å²) in [4.78, 5) is 0. The van der Waals surface area contributed by atoms with Gasteiger partial charge in [-0.25, -0.2) is 12.8 Å². The Morgan fingerprint density at radius 3 is 2.65 bits per heavy atom. The molecule has 0 aliphatic rings. The van der Waals surface area contributed by atoms with E-state index in [0.29, 0.717) is 5.75 Å². The largest absolute Gasteiger partial charge is 0.496 e. The van der Waals surface area contributed by atoms with Gasteiger partial charge < -0.3 is 10.5 Å². The Morgan fingerprint density at radius 1 is 1.47 bits per heavy atom. The second kappa shape index (κ2) is 5.46. The summed E-state index contributed by atoms with van der Waals surface area (Å²) < 4.78 is 40.7. The molecule has 1 rings (SSSR count). The maximum absolute atomic E-state index is 13.6. The Morgan fingerprint density at radius 2 is 2.12 bits per heavy atom.